The van der Waals surface area contributed by atoms with Crippen LogP contribution in [0.1, 0.15) is 71.1 Å². The van der Waals surface area contributed by atoms with Gasteiger partial charge in [0.1, 0.15) is 0 Å². The summed E-state index contributed by atoms with van der Waals surface area (Å²) in [5, 5.41) is 11.4. The lowest BCUT2D eigenvalue weighted by molar-refractivity contribution is 0.176. The van der Waals surface area contributed by atoms with Crippen molar-refractivity contribution >= 4 is 41.0 Å². The van der Waals surface area contributed by atoms with Crippen molar-refractivity contribution in [2.75, 3.05) is 69.7 Å². The molecule has 2 N–H and O–H groups in total. The fourth-order valence-corrected chi connectivity index (χ4v) is 7.26. The van der Waals surface area contributed by atoms with E-state index in [1.165, 1.54) is 55.7 Å². The number of unbranched alkanes of at least 4 members (excludes halogenated alkanes) is 1. The fourth-order valence-electron chi connectivity index (χ4n) is 5.65. The zero-order chi connectivity index (χ0) is 35.6. The third-order valence-corrected chi connectivity index (χ3v) is 10.6. The van der Waals surface area contributed by atoms with Crippen LogP contribution in [0.2, 0.25) is 0 Å². The summed E-state index contributed by atoms with van der Waals surface area (Å²) >= 11 is 3.41. The number of aromatic amines is 1. The first-order valence-corrected chi connectivity index (χ1v) is 20.2. The molecule has 2 aliphatic rings. The molecule has 0 atom stereocenters. The largest absolute Gasteiger partial charge is 0.490 e. The summed E-state index contributed by atoms with van der Waals surface area (Å²) in [6.07, 6.45) is 6.70. The number of rotatable bonds is 13. The molecule has 2 fully saturated rings. The molecule has 11 heteroatoms. The van der Waals surface area contributed by atoms with Gasteiger partial charge < -0.3 is 19.9 Å². The number of piperazine rings is 1. The van der Waals surface area contributed by atoms with Crippen molar-refractivity contribution in [3.63, 3.8) is 0 Å². The lowest BCUT2D eigenvalue weighted by Gasteiger charge is -2.37. The molecule has 6 rings (SSSR count). The van der Waals surface area contributed by atoms with Crippen LogP contribution in [-0.2, 0) is 5.75 Å². The number of piperidine rings is 1. The van der Waals surface area contributed by atoms with E-state index in [9.17, 15) is 0 Å². The molecule has 4 aromatic rings. The first-order valence-electron chi connectivity index (χ1n) is 18.4. The average Bonchev–Trinajstić information content (AvgIpc) is 3.59. The van der Waals surface area contributed by atoms with Crippen LogP contribution < -0.4 is 15.0 Å². The Labute approximate surface area is 309 Å². The molecule has 2 saturated heterocycles. The second-order valence-electron chi connectivity index (χ2n) is 12.4. The van der Waals surface area contributed by atoms with Crippen molar-refractivity contribution in [3.05, 3.63) is 71.9 Å². The zero-order valence-electron chi connectivity index (χ0n) is 31.1. The van der Waals surface area contributed by atoms with Crippen LogP contribution in [0.4, 0.5) is 17.5 Å². The van der Waals surface area contributed by atoms with Crippen molar-refractivity contribution in [2.24, 2.45) is 0 Å². The summed E-state index contributed by atoms with van der Waals surface area (Å²) < 4.78 is 5.95. The summed E-state index contributed by atoms with van der Waals surface area (Å²) in [5.41, 5.74) is 2.30. The van der Waals surface area contributed by atoms with Crippen molar-refractivity contribution in [1.82, 2.24) is 30.0 Å². The van der Waals surface area contributed by atoms with Gasteiger partial charge >= 0.3 is 0 Å². The number of hydrogen-bond acceptors (Lipinski definition) is 10. The number of nitrogens with one attached hydrogen (secondary N) is 2. The Morgan fingerprint density at radius 1 is 0.800 bits per heavy atom. The monoisotopic (exact) mass is 718 g/mol. The predicted molar refractivity (Wildman–Crippen MR) is 213 cm³/mol. The minimum Gasteiger partial charge on any atom is -0.490 e. The average molecular weight is 719 g/mol. The second kappa shape index (κ2) is 21.9. The van der Waals surface area contributed by atoms with Gasteiger partial charge in [-0.15, -0.1) is 11.8 Å². The quantitative estimate of drug-likeness (QED) is 0.103. The molecule has 50 heavy (non-hydrogen) atoms. The van der Waals surface area contributed by atoms with Gasteiger partial charge in [-0.3, -0.25) is 10.00 Å². The highest BCUT2D eigenvalue weighted by Crippen LogP contribution is 2.38. The Balaban J connectivity index is 0.000000875. The molecule has 0 amide bonds. The number of hydrogen-bond donors (Lipinski definition) is 2. The van der Waals surface area contributed by atoms with E-state index >= 15 is 0 Å². The molecule has 0 unspecified atom stereocenters. The molecule has 0 bridgehead atoms. The number of methoxy groups -OCH3 is 1. The standard InChI is InChI=1S/C33H42N8OS2.C4H10.C2H6/c1-25-23-29(38-37-25)34-31-30(42-2)32(41-21-19-40(20-22-41)18-17-39-15-7-4-8-16-39)36-33(35-31)44-28-13-11-27(12-14-28)43-24-26-9-5-3-6-10-26;1-3-4-2;1-2/h3,5-6,9-14,23H,4,7-8,15-22,24H2,1-2H3,(H2,34,35,36,37,38);3-4H2,1-2H3;1-2H3. The number of H-pyrrole nitrogens is 1. The number of nitrogens with zero attached hydrogens (tertiary/aromatic N) is 6. The van der Waals surface area contributed by atoms with E-state index in [-0.39, 0.29) is 0 Å². The summed E-state index contributed by atoms with van der Waals surface area (Å²) in [7, 11) is 1.69. The number of anilines is 3. The Kier molecular flexibility index (Phi) is 17.3. The maximum Gasteiger partial charge on any atom is 0.204 e. The van der Waals surface area contributed by atoms with E-state index in [4.69, 9.17) is 14.7 Å². The SMILES string of the molecule is CC.CCCC.COc1c(Nc2cc(C)[nH]n2)nc(Sc2ccc(SCc3ccccc3)cc2)nc1N1CCN(CCN2CCCCC2)CC1. The maximum absolute atomic E-state index is 5.95. The van der Waals surface area contributed by atoms with Gasteiger partial charge in [0.15, 0.2) is 22.6 Å². The zero-order valence-corrected chi connectivity index (χ0v) is 32.7. The molecule has 0 saturated carbocycles. The van der Waals surface area contributed by atoms with E-state index in [0.29, 0.717) is 22.5 Å². The van der Waals surface area contributed by atoms with E-state index < -0.39 is 0 Å². The van der Waals surface area contributed by atoms with Crippen molar-refractivity contribution in [1.29, 1.82) is 0 Å². The van der Waals surface area contributed by atoms with Gasteiger partial charge in [-0.2, -0.15) is 5.10 Å². The highest BCUT2D eigenvalue weighted by atomic mass is 32.2. The molecule has 2 aromatic carbocycles. The highest BCUT2D eigenvalue weighted by Gasteiger charge is 2.26. The molecule has 0 radical (unpaired) electrons. The first kappa shape index (κ1) is 39.5. The topological polar surface area (TPSA) is 85.4 Å². The number of aryl methyl sites for hydroxylation is 1. The lowest BCUT2D eigenvalue weighted by atomic mass is 10.1. The molecule has 2 aromatic heterocycles. The predicted octanol–water partition coefficient (Wildman–Crippen LogP) is 9.14. The van der Waals surface area contributed by atoms with E-state index in [2.05, 4.69) is 98.7 Å². The van der Waals surface area contributed by atoms with Gasteiger partial charge in [0.05, 0.1) is 7.11 Å². The molecule has 9 nitrogen and oxygen atoms in total. The molecular formula is C39H58N8OS2. The minimum absolute atomic E-state index is 0.620. The number of benzene rings is 2. The van der Waals surface area contributed by atoms with Gasteiger partial charge in [-0.05, 0) is 74.4 Å². The summed E-state index contributed by atoms with van der Waals surface area (Å²) in [4.78, 5) is 19.8. The Bertz CT molecular complexity index is 1500. The van der Waals surface area contributed by atoms with E-state index in [1.807, 2.05) is 38.6 Å². The molecule has 4 heterocycles. The van der Waals surface area contributed by atoms with Crippen LogP contribution >= 0.6 is 23.5 Å². The molecular weight excluding hydrogens is 661 g/mol. The fraction of sp³-hybridized carbons (Fsp3) is 0.513. The molecule has 0 spiro atoms. The van der Waals surface area contributed by atoms with Crippen LogP contribution in [0.15, 0.2) is 75.6 Å². The van der Waals surface area contributed by atoms with Crippen LogP contribution in [0.5, 0.6) is 5.75 Å². The van der Waals surface area contributed by atoms with Gasteiger partial charge in [0.25, 0.3) is 0 Å². The number of aromatic nitrogens is 4. The molecule has 272 valence electrons. The Morgan fingerprint density at radius 3 is 2.04 bits per heavy atom. The van der Waals surface area contributed by atoms with E-state index in [1.54, 1.807) is 18.9 Å². The normalized spacial score (nSPS) is 15.0. The lowest BCUT2D eigenvalue weighted by Crippen LogP contribution is -2.49. The van der Waals surface area contributed by atoms with Crippen LogP contribution in [0, 0.1) is 6.92 Å². The third kappa shape index (κ3) is 12.5. The van der Waals surface area contributed by atoms with Crippen LogP contribution in [0.3, 0.4) is 0 Å². The van der Waals surface area contributed by atoms with Crippen LogP contribution in [-0.4, -0.2) is 89.4 Å². The van der Waals surface area contributed by atoms with Crippen molar-refractivity contribution in [3.8, 4) is 5.75 Å². The Hall–Kier alpha value is -3.25. The summed E-state index contributed by atoms with van der Waals surface area (Å²) in [5.74, 6) is 3.73. The van der Waals surface area contributed by atoms with Gasteiger partial charge in [0.2, 0.25) is 5.75 Å². The van der Waals surface area contributed by atoms with Crippen molar-refractivity contribution < 1.29 is 4.74 Å². The molecule has 2 aliphatic heterocycles. The van der Waals surface area contributed by atoms with Gasteiger partial charge in [-0.25, -0.2) is 9.97 Å². The highest BCUT2D eigenvalue weighted by molar-refractivity contribution is 7.99. The molecule has 0 aliphatic carbocycles. The Morgan fingerprint density at radius 2 is 1.44 bits per heavy atom. The smallest absolute Gasteiger partial charge is 0.204 e. The minimum atomic E-state index is 0.620. The summed E-state index contributed by atoms with van der Waals surface area (Å²) in [6.45, 7) is 18.9. The number of thioether (sulfide) groups is 1. The second-order valence-corrected chi connectivity index (χ2v) is 14.4. The van der Waals surface area contributed by atoms with E-state index in [0.717, 1.165) is 61.4 Å². The first-order chi connectivity index (χ1) is 24.5. The summed E-state index contributed by atoms with van der Waals surface area (Å²) in [6, 6.07) is 21.2. The van der Waals surface area contributed by atoms with Crippen molar-refractivity contribution in [2.45, 2.75) is 87.4 Å². The van der Waals surface area contributed by atoms with Gasteiger partial charge in [0, 0.05) is 66.6 Å². The number of likely N-dealkylation sites (tertiary alicyclic amines) is 1. The number of ether oxygens (including phenoxy) is 1. The van der Waals surface area contributed by atoms with Gasteiger partial charge in [-0.1, -0.05) is 77.3 Å². The third-order valence-electron chi connectivity index (χ3n) is 8.62. The van der Waals surface area contributed by atoms with Crippen LogP contribution in [0.25, 0.3) is 0 Å². The maximum atomic E-state index is 5.95.